The van der Waals surface area contributed by atoms with Crippen LogP contribution >= 0.6 is 0 Å². The van der Waals surface area contributed by atoms with E-state index in [1.54, 1.807) is 7.11 Å². The van der Waals surface area contributed by atoms with Crippen molar-refractivity contribution in [3.8, 4) is 5.75 Å². The average Bonchev–Trinajstić information content (AvgIpc) is 2.04. The molecule has 0 aliphatic carbocycles. The van der Waals surface area contributed by atoms with E-state index in [4.69, 9.17) is 10.5 Å². The zero-order valence-electron chi connectivity index (χ0n) is 7.00. The maximum absolute atomic E-state index is 5.39. The molecule has 0 fully saturated rings. The standard InChI is InChI=1S/C9H12N2O/c1-7(10)11-8-5-3-4-6-9(8)12-2/h3-6,11H,1,10H2,2H3. The molecular formula is C9H12N2O. The number of benzene rings is 1. The Hall–Kier alpha value is -1.64. The van der Waals surface area contributed by atoms with Crippen LogP contribution in [0.5, 0.6) is 5.75 Å². The lowest BCUT2D eigenvalue weighted by Crippen LogP contribution is -2.07. The van der Waals surface area contributed by atoms with Gasteiger partial charge in [-0.15, -0.1) is 0 Å². The minimum absolute atomic E-state index is 0.402. The molecule has 3 heteroatoms. The van der Waals surface area contributed by atoms with Crippen LogP contribution in [-0.4, -0.2) is 7.11 Å². The van der Waals surface area contributed by atoms with Gasteiger partial charge in [-0.3, -0.25) is 0 Å². The molecule has 0 unspecified atom stereocenters. The van der Waals surface area contributed by atoms with Crippen LogP contribution in [0.25, 0.3) is 0 Å². The summed E-state index contributed by atoms with van der Waals surface area (Å²) in [5.74, 6) is 1.16. The molecule has 0 aromatic heterocycles. The summed E-state index contributed by atoms with van der Waals surface area (Å²) >= 11 is 0. The summed E-state index contributed by atoms with van der Waals surface area (Å²) in [6, 6.07) is 7.51. The third kappa shape index (κ3) is 1.92. The number of methoxy groups -OCH3 is 1. The molecule has 3 nitrogen and oxygen atoms in total. The van der Waals surface area contributed by atoms with Crippen LogP contribution in [0.3, 0.4) is 0 Å². The van der Waals surface area contributed by atoms with Gasteiger partial charge in [-0.25, -0.2) is 0 Å². The van der Waals surface area contributed by atoms with Crippen molar-refractivity contribution in [1.29, 1.82) is 0 Å². The number of anilines is 1. The summed E-state index contributed by atoms with van der Waals surface area (Å²) in [6.07, 6.45) is 0. The van der Waals surface area contributed by atoms with E-state index in [0.29, 0.717) is 5.82 Å². The van der Waals surface area contributed by atoms with E-state index in [1.165, 1.54) is 0 Å². The number of nitrogens with two attached hydrogens (primary N) is 1. The number of para-hydroxylation sites is 2. The lowest BCUT2D eigenvalue weighted by atomic mass is 10.3. The number of ether oxygens (including phenoxy) is 1. The zero-order chi connectivity index (χ0) is 8.97. The molecule has 1 rings (SSSR count). The van der Waals surface area contributed by atoms with Gasteiger partial charge in [0.05, 0.1) is 18.6 Å². The Kier molecular flexibility index (Phi) is 2.58. The van der Waals surface area contributed by atoms with E-state index in [2.05, 4.69) is 11.9 Å². The number of rotatable bonds is 3. The van der Waals surface area contributed by atoms with Crippen LogP contribution in [0, 0.1) is 0 Å². The fourth-order valence-electron chi connectivity index (χ4n) is 0.921. The Morgan fingerprint density at radius 1 is 1.50 bits per heavy atom. The Morgan fingerprint density at radius 2 is 2.17 bits per heavy atom. The molecular weight excluding hydrogens is 152 g/mol. The summed E-state index contributed by atoms with van der Waals surface area (Å²) in [4.78, 5) is 0. The van der Waals surface area contributed by atoms with Crippen LogP contribution < -0.4 is 15.8 Å². The maximum atomic E-state index is 5.39. The predicted octanol–water partition coefficient (Wildman–Crippen LogP) is 1.54. The van der Waals surface area contributed by atoms with Gasteiger partial charge in [0.15, 0.2) is 0 Å². The fraction of sp³-hybridized carbons (Fsp3) is 0.111. The average molecular weight is 164 g/mol. The molecule has 0 saturated heterocycles. The summed E-state index contributed by atoms with van der Waals surface area (Å²) < 4.78 is 5.09. The molecule has 1 aromatic rings. The van der Waals surface area contributed by atoms with Crippen molar-refractivity contribution >= 4 is 5.69 Å². The Balaban J connectivity index is 2.89. The number of nitrogens with one attached hydrogen (secondary N) is 1. The first kappa shape index (κ1) is 8.46. The lowest BCUT2D eigenvalue weighted by Gasteiger charge is -2.09. The van der Waals surface area contributed by atoms with E-state index in [1.807, 2.05) is 24.3 Å². The van der Waals surface area contributed by atoms with E-state index < -0.39 is 0 Å². The molecule has 3 N–H and O–H groups in total. The van der Waals surface area contributed by atoms with Gasteiger partial charge < -0.3 is 15.8 Å². The molecule has 0 spiro atoms. The molecule has 12 heavy (non-hydrogen) atoms. The molecule has 0 aliphatic heterocycles. The Labute approximate surface area is 71.8 Å². The monoisotopic (exact) mass is 164 g/mol. The molecule has 0 aliphatic rings. The second kappa shape index (κ2) is 3.67. The van der Waals surface area contributed by atoms with Gasteiger partial charge >= 0.3 is 0 Å². The van der Waals surface area contributed by atoms with Gasteiger partial charge in [0, 0.05) is 0 Å². The lowest BCUT2D eigenvalue weighted by molar-refractivity contribution is 0.416. The SMILES string of the molecule is C=C(N)Nc1ccccc1OC. The third-order valence-corrected chi connectivity index (χ3v) is 1.40. The van der Waals surface area contributed by atoms with Gasteiger partial charge in [0.25, 0.3) is 0 Å². The van der Waals surface area contributed by atoms with Crippen LogP contribution in [0.2, 0.25) is 0 Å². The van der Waals surface area contributed by atoms with Crippen LogP contribution in [0.15, 0.2) is 36.7 Å². The molecule has 0 bridgehead atoms. The predicted molar refractivity (Wildman–Crippen MR) is 49.9 cm³/mol. The number of hydrogen-bond acceptors (Lipinski definition) is 3. The van der Waals surface area contributed by atoms with Crippen molar-refractivity contribution in [2.24, 2.45) is 5.73 Å². The second-order valence-corrected chi connectivity index (χ2v) is 2.35. The van der Waals surface area contributed by atoms with Gasteiger partial charge in [0.1, 0.15) is 5.75 Å². The molecule has 1 aromatic carbocycles. The second-order valence-electron chi connectivity index (χ2n) is 2.35. The fourth-order valence-corrected chi connectivity index (χ4v) is 0.921. The smallest absolute Gasteiger partial charge is 0.142 e. The summed E-state index contributed by atoms with van der Waals surface area (Å²) in [7, 11) is 1.61. The first-order valence-corrected chi connectivity index (χ1v) is 3.58. The van der Waals surface area contributed by atoms with Crippen LogP contribution in [0.1, 0.15) is 0 Å². The normalized spacial score (nSPS) is 9.08. The first-order valence-electron chi connectivity index (χ1n) is 3.58. The van der Waals surface area contributed by atoms with Gasteiger partial charge in [-0.2, -0.15) is 0 Å². The molecule has 64 valence electrons. The van der Waals surface area contributed by atoms with Crippen molar-refractivity contribution in [3.05, 3.63) is 36.7 Å². The first-order chi connectivity index (χ1) is 5.74. The summed E-state index contributed by atoms with van der Waals surface area (Å²) in [5.41, 5.74) is 6.21. The van der Waals surface area contributed by atoms with E-state index in [9.17, 15) is 0 Å². The van der Waals surface area contributed by atoms with Crippen LogP contribution in [-0.2, 0) is 0 Å². The van der Waals surface area contributed by atoms with Crippen molar-refractivity contribution in [3.63, 3.8) is 0 Å². The van der Waals surface area contributed by atoms with E-state index >= 15 is 0 Å². The van der Waals surface area contributed by atoms with E-state index in [0.717, 1.165) is 11.4 Å². The maximum Gasteiger partial charge on any atom is 0.142 e. The highest BCUT2D eigenvalue weighted by Gasteiger charge is 1.98. The quantitative estimate of drug-likeness (QED) is 0.712. The van der Waals surface area contributed by atoms with Gasteiger partial charge in [-0.1, -0.05) is 18.7 Å². The third-order valence-electron chi connectivity index (χ3n) is 1.40. The van der Waals surface area contributed by atoms with Crippen molar-refractivity contribution < 1.29 is 4.74 Å². The topological polar surface area (TPSA) is 47.3 Å². The highest BCUT2D eigenvalue weighted by atomic mass is 16.5. The van der Waals surface area contributed by atoms with Crippen LogP contribution in [0.4, 0.5) is 5.69 Å². The number of hydrogen-bond donors (Lipinski definition) is 2. The summed E-state index contributed by atoms with van der Waals surface area (Å²) in [5, 5.41) is 2.88. The largest absolute Gasteiger partial charge is 0.495 e. The van der Waals surface area contributed by atoms with Crippen molar-refractivity contribution in [2.75, 3.05) is 12.4 Å². The molecule has 0 radical (unpaired) electrons. The molecule has 0 saturated carbocycles. The van der Waals surface area contributed by atoms with Gasteiger partial charge in [-0.05, 0) is 12.1 Å². The summed E-state index contributed by atoms with van der Waals surface area (Å²) in [6.45, 7) is 3.54. The highest BCUT2D eigenvalue weighted by molar-refractivity contribution is 5.58. The molecule has 0 atom stereocenters. The molecule has 0 amide bonds. The van der Waals surface area contributed by atoms with Crippen molar-refractivity contribution in [2.45, 2.75) is 0 Å². The minimum Gasteiger partial charge on any atom is -0.495 e. The van der Waals surface area contributed by atoms with Gasteiger partial charge in [0.2, 0.25) is 0 Å². The Morgan fingerprint density at radius 3 is 2.75 bits per heavy atom. The minimum atomic E-state index is 0.402. The van der Waals surface area contributed by atoms with Crippen molar-refractivity contribution in [1.82, 2.24) is 0 Å². The Bertz CT molecular complexity index is 284. The highest BCUT2D eigenvalue weighted by Crippen LogP contribution is 2.23. The molecule has 0 heterocycles. The van der Waals surface area contributed by atoms with E-state index in [-0.39, 0.29) is 0 Å². The zero-order valence-corrected chi connectivity index (χ0v) is 7.00.